The van der Waals surface area contributed by atoms with E-state index in [2.05, 4.69) is 29.0 Å². The van der Waals surface area contributed by atoms with Crippen LogP contribution in [0.4, 0.5) is 5.82 Å². The predicted molar refractivity (Wildman–Crippen MR) is 75.5 cm³/mol. The Hall–Kier alpha value is -1.61. The van der Waals surface area contributed by atoms with Crippen LogP contribution in [0.3, 0.4) is 0 Å². The lowest BCUT2D eigenvalue weighted by molar-refractivity contribution is 0.795. The number of anilines is 1. The molecule has 0 fully saturated rings. The van der Waals surface area contributed by atoms with Crippen molar-refractivity contribution in [2.45, 2.75) is 26.2 Å². The van der Waals surface area contributed by atoms with Gasteiger partial charge in [0.25, 0.3) is 0 Å². The van der Waals surface area contributed by atoms with E-state index in [1.165, 1.54) is 24.7 Å². The number of benzene rings is 1. The van der Waals surface area contributed by atoms with Gasteiger partial charge in [-0.25, -0.2) is 9.97 Å². The van der Waals surface area contributed by atoms with Crippen molar-refractivity contribution in [1.29, 1.82) is 0 Å². The second kappa shape index (κ2) is 5.83. The van der Waals surface area contributed by atoms with Crippen LogP contribution in [0.25, 0.3) is 11.3 Å². The fourth-order valence-corrected chi connectivity index (χ4v) is 2.00. The number of rotatable bonds is 4. The second-order valence-electron chi connectivity index (χ2n) is 4.22. The maximum absolute atomic E-state index is 6.10. The molecule has 0 atom stereocenters. The summed E-state index contributed by atoms with van der Waals surface area (Å²) in [7, 11) is 0. The molecule has 0 aliphatic rings. The molecule has 1 heterocycles. The van der Waals surface area contributed by atoms with Gasteiger partial charge in [-0.15, -0.1) is 0 Å². The lowest BCUT2D eigenvalue weighted by Crippen LogP contribution is -1.95. The van der Waals surface area contributed by atoms with Crippen LogP contribution in [-0.4, -0.2) is 9.97 Å². The van der Waals surface area contributed by atoms with Crippen molar-refractivity contribution >= 4 is 17.4 Å². The number of hydrogen-bond donors (Lipinski definition) is 1. The molecule has 0 aliphatic carbocycles. The molecule has 0 amide bonds. The number of nitrogens with zero attached hydrogens (tertiary/aromatic N) is 2. The van der Waals surface area contributed by atoms with Crippen LogP contribution in [0.15, 0.2) is 30.6 Å². The molecule has 0 spiro atoms. The molecular formula is C14H16ClN3. The molecule has 1 aromatic carbocycles. The minimum absolute atomic E-state index is 0.316. The molecule has 94 valence electrons. The minimum Gasteiger partial charge on any atom is -0.382 e. The van der Waals surface area contributed by atoms with Crippen LogP contribution in [0.5, 0.6) is 0 Å². The third-order valence-corrected chi connectivity index (χ3v) is 3.24. The Balaban J connectivity index is 2.26. The Kier molecular flexibility index (Phi) is 4.15. The van der Waals surface area contributed by atoms with Gasteiger partial charge < -0.3 is 5.73 Å². The lowest BCUT2D eigenvalue weighted by Gasteiger charge is -2.06. The summed E-state index contributed by atoms with van der Waals surface area (Å²) in [6, 6.07) is 8.27. The van der Waals surface area contributed by atoms with Gasteiger partial charge in [0, 0.05) is 5.56 Å². The Morgan fingerprint density at radius 3 is 2.56 bits per heavy atom. The van der Waals surface area contributed by atoms with E-state index in [1.54, 1.807) is 0 Å². The van der Waals surface area contributed by atoms with E-state index in [-0.39, 0.29) is 0 Å². The largest absolute Gasteiger partial charge is 0.382 e. The van der Waals surface area contributed by atoms with E-state index in [0.29, 0.717) is 16.5 Å². The molecule has 2 N–H and O–H groups in total. The summed E-state index contributed by atoms with van der Waals surface area (Å²) in [6.07, 6.45) is 4.95. The van der Waals surface area contributed by atoms with Crippen molar-refractivity contribution in [3.05, 3.63) is 41.2 Å². The van der Waals surface area contributed by atoms with Crippen molar-refractivity contribution in [3.8, 4) is 11.3 Å². The monoisotopic (exact) mass is 261 g/mol. The van der Waals surface area contributed by atoms with Gasteiger partial charge >= 0.3 is 0 Å². The van der Waals surface area contributed by atoms with E-state index in [1.807, 2.05) is 12.1 Å². The highest BCUT2D eigenvalue weighted by Gasteiger charge is 2.08. The molecule has 18 heavy (non-hydrogen) atoms. The molecule has 3 nitrogen and oxygen atoms in total. The highest BCUT2D eigenvalue weighted by molar-refractivity contribution is 6.35. The molecule has 0 saturated heterocycles. The van der Waals surface area contributed by atoms with Gasteiger partial charge in [-0.1, -0.05) is 49.2 Å². The number of aromatic nitrogens is 2. The molecule has 0 bridgehead atoms. The van der Waals surface area contributed by atoms with Gasteiger partial charge in [-0.05, 0) is 18.4 Å². The van der Waals surface area contributed by atoms with Gasteiger partial charge in [-0.3, -0.25) is 0 Å². The maximum Gasteiger partial charge on any atom is 0.146 e. The van der Waals surface area contributed by atoms with Crippen LogP contribution < -0.4 is 5.73 Å². The minimum atomic E-state index is 0.316. The summed E-state index contributed by atoms with van der Waals surface area (Å²) < 4.78 is 0. The van der Waals surface area contributed by atoms with Crippen LogP contribution in [-0.2, 0) is 6.42 Å². The fraction of sp³-hybridized carbons (Fsp3) is 0.286. The number of hydrogen-bond acceptors (Lipinski definition) is 3. The summed E-state index contributed by atoms with van der Waals surface area (Å²) in [5, 5.41) is 0.416. The third kappa shape index (κ3) is 2.79. The number of halogens is 1. The van der Waals surface area contributed by atoms with Crippen molar-refractivity contribution in [1.82, 2.24) is 9.97 Å². The van der Waals surface area contributed by atoms with Crippen molar-refractivity contribution in [2.75, 3.05) is 5.73 Å². The van der Waals surface area contributed by atoms with Gasteiger partial charge in [0.05, 0.1) is 5.69 Å². The molecule has 4 heteroatoms. The molecule has 0 unspecified atom stereocenters. The van der Waals surface area contributed by atoms with Gasteiger partial charge in [0.2, 0.25) is 0 Å². The maximum atomic E-state index is 6.10. The third-order valence-electron chi connectivity index (χ3n) is 2.86. The topological polar surface area (TPSA) is 51.8 Å². The highest BCUT2D eigenvalue weighted by Crippen LogP contribution is 2.28. The number of unbranched alkanes of at least 4 members (excludes halogenated alkanes) is 1. The highest BCUT2D eigenvalue weighted by atomic mass is 35.5. The Labute approximate surface area is 112 Å². The quantitative estimate of drug-likeness (QED) is 0.913. The molecular weight excluding hydrogens is 246 g/mol. The average molecular weight is 262 g/mol. The summed E-state index contributed by atoms with van der Waals surface area (Å²) in [5.41, 5.74) is 8.66. The summed E-state index contributed by atoms with van der Waals surface area (Å²) >= 11 is 6.10. The van der Waals surface area contributed by atoms with Crippen LogP contribution in [0.1, 0.15) is 25.3 Å². The van der Waals surface area contributed by atoms with Crippen LogP contribution in [0.2, 0.25) is 5.02 Å². The lowest BCUT2D eigenvalue weighted by atomic mass is 10.0. The van der Waals surface area contributed by atoms with E-state index >= 15 is 0 Å². The van der Waals surface area contributed by atoms with Gasteiger partial charge in [0.1, 0.15) is 17.2 Å². The van der Waals surface area contributed by atoms with Crippen molar-refractivity contribution in [2.24, 2.45) is 0 Å². The number of nitrogen functional groups attached to an aromatic ring is 1. The SMILES string of the molecule is CCCCc1ccc(-c2ncnc(N)c2Cl)cc1. The van der Waals surface area contributed by atoms with E-state index < -0.39 is 0 Å². The Morgan fingerprint density at radius 2 is 1.89 bits per heavy atom. The first-order valence-corrected chi connectivity index (χ1v) is 6.45. The Bertz CT molecular complexity index is 523. The first-order valence-electron chi connectivity index (χ1n) is 6.07. The molecule has 0 saturated carbocycles. The predicted octanol–water partition coefficient (Wildman–Crippen LogP) is 3.72. The molecule has 1 aromatic heterocycles. The van der Waals surface area contributed by atoms with E-state index in [9.17, 15) is 0 Å². The zero-order valence-corrected chi connectivity index (χ0v) is 11.1. The summed E-state index contributed by atoms with van der Waals surface area (Å²) in [5.74, 6) is 0.316. The van der Waals surface area contributed by atoms with Crippen molar-refractivity contribution in [3.63, 3.8) is 0 Å². The average Bonchev–Trinajstić information content (AvgIpc) is 2.40. The second-order valence-corrected chi connectivity index (χ2v) is 4.60. The molecule has 2 aromatic rings. The van der Waals surface area contributed by atoms with E-state index in [0.717, 1.165) is 12.0 Å². The smallest absolute Gasteiger partial charge is 0.146 e. The zero-order valence-electron chi connectivity index (χ0n) is 10.4. The molecule has 0 aliphatic heterocycles. The molecule has 2 rings (SSSR count). The first-order chi connectivity index (χ1) is 8.72. The fourth-order valence-electron chi connectivity index (χ4n) is 1.79. The van der Waals surface area contributed by atoms with Crippen LogP contribution in [0, 0.1) is 0 Å². The number of aryl methyl sites for hydroxylation is 1. The van der Waals surface area contributed by atoms with Crippen LogP contribution >= 0.6 is 11.6 Å². The molecule has 0 radical (unpaired) electrons. The van der Waals surface area contributed by atoms with Gasteiger partial charge in [0.15, 0.2) is 0 Å². The zero-order chi connectivity index (χ0) is 13.0. The summed E-state index contributed by atoms with van der Waals surface area (Å²) in [4.78, 5) is 8.04. The first kappa shape index (κ1) is 12.8. The van der Waals surface area contributed by atoms with Crippen molar-refractivity contribution < 1.29 is 0 Å². The van der Waals surface area contributed by atoms with Gasteiger partial charge in [-0.2, -0.15) is 0 Å². The Morgan fingerprint density at radius 1 is 1.17 bits per heavy atom. The van der Waals surface area contributed by atoms with E-state index in [4.69, 9.17) is 17.3 Å². The standard InChI is InChI=1S/C14H16ClN3/c1-2-3-4-10-5-7-11(8-6-10)13-12(15)14(16)18-9-17-13/h5-9H,2-4H2,1H3,(H2,16,17,18). The normalized spacial score (nSPS) is 10.6. The number of nitrogens with two attached hydrogens (primary N) is 1. The summed E-state index contributed by atoms with van der Waals surface area (Å²) in [6.45, 7) is 2.19.